The first-order valence-electron chi connectivity index (χ1n) is 10.1. The molecule has 1 saturated heterocycles. The molecule has 166 valence electrons. The van der Waals surface area contributed by atoms with Crippen LogP contribution in [0.5, 0.6) is 5.75 Å². The normalized spacial score (nSPS) is 29.5. The molecule has 1 aromatic carbocycles. The van der Waals surface area contributed by atoms with Crippen molar-refractivity contribution in [3.8, 4) is 5.75 Å². The van der Waals surface area contributed by atoms with E-state index in [1.165, 1.54) is 12.3 Å². The number of hydrogen-bond donors (Lipinski definition) is 3. The van der Waals surface area contributed by atoms with Crippen LogP contribution in [-0.4, -0.2) is 56.0 Å². The van der Waals surface area contributed by atoms with Crippen molar-refractivity contribution in [2.24, 2.45) is 0 Å². The van der Waals surface area contributed by atoms with Gasteiger partial charge in [-0.15, -0.1) is 0 Å². The molecule has 1 unspecified atom stereocenters. The Morgan fingerprint density at radius 1 is 1.23 bits per heavy atom. The van der Waals surface area contributed by atoms with Crippen LogP contribution in [0.2, 0.25) is 0 Å². The van der Waals surface area contributed by atoms with Crippen molar-refractivity contribution in [3.63, 3.8) is 0 Å². The number of para-hydroxylation sites is 1. The molecular formula is C22H26N2O7. The summed E-state index contributed by atoms with van der Waals surface area (Å²) in [7, 11) is 0. The van der Waals surface area contributed by atoms with Gasteiger partial charge >= 0.3 is 5.69 Å². The molecule has 9 nitrogen and oxygen atoms in total. The molecule has 0 bridgehead atoms. The van der Waals surface area contributed by atoms with Crippen LogP contribution in [0.4, 0.5) is 0 Å². The van der Waals surface area contributed by atoms with E-state index < -0.39 is 42.4 Å². The maximum atomic E-state index is 13.0. The molecule has 3 heterocycles. The summed E-state index contributed by atoms with van der Waals surface area (Å²) in [6.45, 7) is 6.08. The highest BCUT2D eigenvalue weighted by atomic mass is 16.6. The molecule has 0 saturated carbocycles. The summed E-state index contributed by atoms with van der Waals surface area (Å²) in [5, 5.41) is 29.5. The van der Waals surface area contributed by atoms with E-state index >= 15 is 0 Å². The van der Waals surface area contributed by atoms with Gasteiger partial charge in [-0.1, -0.05) is 37.3 Å². The molecule has 4 rings (SSSR count). The predicted molar refractivity (Wildman–Crippen MR) is 111 cm³/mol. The Morgan fingerprint density at radius 2 is 1.97 bits per heavy atom. The van der Waals surface area contributed by atoms with Crippen LogP contribution in [0.25, 0.3) is 0 Å². The lowest BCUT2D eigenvalue weighted by Crippen LogP contribution is -2.43. The minimum absolute atomic E-state index is 0.00887. The average Bonchev–Trinajstić information content (AvgIpc) is 3.22. The third-order valence-corrected chi connectivity index (χ3v) is 5.99. The van der Waals surface area contributed by atoms with E-state index in [0.717, 1.165) is 20.4 Å². The van der Waals surface area contributed by atoms with Crippen molar-refractivity contribution in [2.45, 2.75) is 49.8 Å². The van der Waals surface area contributed by atoms with Gasteiger partial charge in [-0.2, -0.15) is 0 Å². The Balaban J connectivity index is 1.57. The summed E-state index contributed by atoms with van der Waals surface area (Å²) in [6.07, 6.45) is -3.28. The van der Waals surface area contributed by atoms with Crippen LogP contribution < -0.4 is 16.0 Å². The Labute approximate surface area is 178 Å². The van der Waals surface area contributed by atoms with Gasteiger partial charge in [-0.3, -0.25) is 13.9 Å². The fraction of sp³-hybridized carbons (Fsp3) is 0.455. The fourth-order valence-electron chi connectivity index (χ4n) is 4.36. The van der Waals surface area contributed by atoms with E-state index in [0.29, 0.717) is 18.6 Å². The number of benzene rings is 1. The van der Waals surface area contributed by atoms with Crippen molar-refractivity contribution in [1.82, 2.24) is 9.13 Å². The number of aliphatic hydroxyl groups is 3. The van der Waals surface area contributed by atoms with Crippen LogP contribution in [0.1, 0.15) is 25.1 Å². The summed E-state index contributed by atoms with van der Waals surface area (Å²) in [5.74, 6) is 0.821. The minimum atomic E-state index is -1.42. The number of allylic oxidation sites excluding steroid dienone is 1. The molecule has 0 aliphatic carbocycles. The van der Waals surface area contributed by atoms with Crippen LogP contribution in [0.15, 0.2) is 58.3 Å². The quantitative estimate of drug-likeness (QED) is 0.548. The van der Waals surface area contributed by atoms with Crippen LogP contribution in [0, 0.1) is 0 Å². The molecule has 2 aliphatic rings. The third-order valence-electron chi connectivity index (χ3n) is 5.99. The summed E-state index contributed by atoms with van der Waals surface area (Å²) in [6, 6.07) is 8.95. The number of fused-ring (bicyclic) bond motifs is 1. The van der Waals surface area contributed by atoms with Crippen molar-refractivity contribution in [2.75, 3.05) is 13.2 Å². The van der Waals surface area contributed by atoms with E-state index in [1.807, 2.05) is 24.3 Å². The Morgan fingerprint density at radius 3 is 2.68 bits per heavy atom. The number of aromatic nitrogens is 2. The van der Waals surface area contributed by atoms with E-state index in [2.05, 4.69) is 13.5 Å². The Hall–Kier alpha value is -2.72. The predicted octanol–water partition coefficient (Wildman–Crippen LogP) is -0.0819. The molecule has 0 spiro atoms. The second kappa shape index (κ2) is 8.08. The molecule has 1 aromatic heterocycles. The van der Waals surface area contributed by atoms with Gasteiger partial charge in [0.15, 0.2) is 6.23 Å². The zero-order valence-electron chi connectivity index (χ0n) is 17.2. The topological polar surface area (TPSA) is 123 Å². The lowest BCUT2D eigenvalue weighted by atomic mass is 9.79. The van der Waals surface area contributed by atoms with Gasteiger partial charge in [0.2, 0.25) is 0 Å². The first-order valence-corrected chi connectivity index (χ1v) is 10.1. The number of ether oxygens (including phenoxy) is 2. The summed E-state index contributed by atoms with van der Waals surface area (Å²) >= 11 is 0. The molecule has 1 fully saturated rings. The van der Waals surface area contributed by atoms with Gasteiger partial charge in [-0.05, 0) is 12.5 Å². The van der Waals surface area contributed by atoms with Gasteiger partial charge in [0.05, 0.1) is 19.8 Å². The van der Waals surface area contributed by atoms with E-state index in [-0.39, 0.29) is 12.0 Å². The summed E-state index contributed by atoms with van der Waals surface area (Å²) < 4.78 is 13.3. The molecule has 31 heavy (non-hydrogen) atoms. The lowest BCUT2D eigenvalue weighted by Gasteiger charge is -2.24. The highest BCUT2D eigenvalue weighted by molar-refractivity contribution is 5.43. The van der Waals surface area contributed by atoms with Gasteiger partial charge in [0, 0.05) is 23.2 Å². The molecule has 0 amide bonds. The Bertz CT molecular complexity index is 1110. The number of rotatable bonds is 6. The maximum Gasteiger partial charge on any atom is 0.333 e. The fourth-order valence-corrected chi connectivity index (χ4v) is 4.36. The van der Waals surface area contributed by atoms with Gasteiger partial charge < -0.3 is 24.8 Å². The first-order chi connectivity index (χ1) is 14.7. The number of nitrogens with zero attached hydrogens (tertiary/aromatic N) is 2. The van der Waals surface area contributed by atoms with E-state index in [1.54, 1.807) is 0 Å². The molecular weight excluding hydrogens is 404 g/mol. The molecule has 5 atom stereocenters. The van der Waals surface area contributed by atoms with Crippen LogP contribution >= 0.6 is 0 Å². The van der Waals surface area contributed by atoms with E-state index in [9.17, 15) is 24.9 Å². The maximum absolute atomic E-state index is 13.0. The van der Waals surface area contributed by atoms with Crippen LogP contribution in [0.3, 0.4) is 0 Å². The Kier molecular flexibility index (Phi) is 5.61. The van der Waals surface area contributed by atoms with Gasteiger partial charge in [-0.25, -0.2) is 4.79 Å². The first kappa shape index (κ1) is 21.5. The molecule has 2 aliphatic heterocycles. The summed E-state index contributed by atoms with van der Waals surface area (Å²) in [5.41, 5.74) is 0.189. The van der Waals surface area contributed by atoms with Crippen molar-refractivity contribution in [3.05, 3.63) is 75.1 Å². The third kappa shape index (κ3) is 3.74. The lowest BCUT2D eigenvalue weighted by molar-refractivity contribution is -0.0555. The van der Waals surface area contributed by atoms with Crippen LogP contribution in [-0.2, 0) is 16.7 Å². The largest absolute Gasteiger partial charge is 0.492 e. The number of aliphatic hydroxyl groups excluding tert-OH is 3. The molecule has 3 N–H and O–H groups in total. The second-order valence-electron chi connectivity index (χ2n) is 8.43. The monoisotopic (exact) mass is 430 g/mol. The zero-order valence-corrected chi connectivity index (χ0v) is 17.2. The highest BCUT2D eigenvalue weighted by Gasteiger charge is 2.44. The average molecular weight is 430 g/mol. The molecule has 9 heteroatoms. The van der Waals surface area contributed by atoms with Gasteiger partial charge in [0.25, 0.3) is 5.56 Å². The standard InChI is InChI=1S/C22H26N2O7/c1-13(9-22(2)12-30-15-6-4-3-5-14(15)22)10-24-17(26)7-8-23(21(24)29)20-19(28)18(27)16(11-25)31-20/h3-8,16,18-20,25,27-28H,1,9-12H2,2H3/t16-,18-,19-,20-,22?/m1/s1. The van der Waals surface area contributed by atoms with Crippen molar-refractivity contribution < 1.29 is 24.8 Å². The summed E-state index contributed by atoms with van der Waals surface area (Å²) in [4.78, 5) is 25.4. The SMILES string of the molecule is C=C(Cn1c(=O)ccn([C@@H]2O[C@H](CO)[C@@H](O)[C@H]2O)c1=O)CC1(C)COc2ccccc21. The van der Waals surface area contributed by atoms with Gasteiger partial charge in [0.1, 0.15) is 24.1 Å². The molecule has 0 radical (unpaired) electrons. The second-order valence-corrected chi connectivity index (χ2v) is 8.43. The smallest absolute Gasteiger partial charge is 0.333 e. The molecule has 2 aromatic rings. The van der Waals surface area contributed by atoms with Crippen molar-refractivity contribution >= 4 is 0 Å². The number of hydrogen-bond acceptors (Lipinski definition) is 7. The van der Waals surface area contributed by atoms with Crippen molar-refractivity contribution in [1.29, 1.82) is 0 Å². The zero-order chi connectivity index (χ0) is 22.3. The minimum Gasteiger partial charge on any atom is -0.492 e. The highest BCUT2D eigenvalue weighted by Crippen LogP contribution is 2.42. The van der Waals surface area contributed by atoms with E-state index in [4.69, 9.17) is 9.47 Å².